The molecule has 22 heavy (non-hydrogen) atoms. The van der Waals surface area contributed by atoms with Crippen molar-refractivity contribution in [3.63, 3.8) is 0 Å². The van der Waals surface area contributed by atoms with Crippen LogP contribution >= 0.6 is 0 Å². The molecule has 2 fully saturated rings. The van der Waals surface area contributed by atoms with Crippen LogP contribution in [0.2, 0.25) is 0 Å². The Balaban J connectivity index is 1.75. The fourth-order valence-electron chi connectivity index (χ4n) is 3.82. The van der Waals surface area contributed by atoms with E-state index in [0.29, 0.717) is 5.92 Å². The zero-order chi connectivity index (χ0) is 15.7. The van der Waals surface area contributed by atoms with Crippen molar-refractivity contribution < 1.29 is 19.7 Å². The first kappa shape index (κ1) is 15.5. The van der Waals surface area contributed by atoms with Gasteiger partial charge in [0.1, 0.15) is 6.04 Å². The lowest BCUT2D eigenvalue weighted by atomic mass is 9.71. The average Bonchev–Trinajstić information content (AvgIpc) is 2.52. The molecule has 0 unspecified atom stereocenters. The Morgan fingerprint density at radius 2 is 1.95 bits per heavy atom. The lowest BCUT2D eigenvalue weighted by Crippen LogP contribution is -2.61. The van der Waals surface area contributed by atoms with Gasteiger partial charge in [-0.05, 0) is 30.7 Å². The lowest BCUT2D eigenvalue weighted by molar-refractivity contribution is -0.239. The topological polar surface area (TPSA) is 78.8 Å². The van der Waals surface area contributed by atoms with Crippen LogP contribution in [0.5, 0.6) is 0 Å². The molecule has 3 N–H and O–H groups in total. The van der Waals surface area contributed by atoms with Crippen molar-refractivity contribution in [3.05, 3.63) is 35.9 Å². The molecule has 0 spiro atoms. The standard InChI is InChI=1S/C17H23NO4/c1-10(19)18-15-16(20)13-9-12(11-5-3-2-4-6-11)7-8-14(13)22-17(15)21/h2-6,12-17,20-21H,7-9H2,1H3,(H,18,19)/t12-,13-,14+,15+,16-,17+/m1/s1. The Kier molecular flexibility index (Phi) is 4.47. The summed E-state index contributed by atoms with van der Waals surface area (Å²) in [5, 5.41) is 23.2. The number of carbonyl (C=O) groups excluding carboxylic acids is 1. The third-order valence-corrected chi connectivity index (χ3v) is 4.90. The largest absolute Gasteiger partial charge is 0.390 e. The Labute approximate surface area is 130 Å². The highest BCUT2D eigenvalue weighted by Gasteiger charge is 2.47. The highest BCUT2D eigenvalue weighted by atomic mass is 16.6. The Morgan fingerprint density at radius 1 is 1.23 bits per heavy atom. The minimum atomic E-state index is -1.14. The van der Waals surface area contributed by atoms with Gasteiger partial charge in [0.25, 0.3) is 0 Å². The van der Waals surface area contributed by atoms with E-state index in [1.807, 2.05) is 18.2 Å². The Hall–Kier alpha value is -1.43. The second-order valence-corrected chi connectivity index (χ2v) is 6.37. The number of nitrogens with one attached hydrogen (secondary N) is 1. The Bertz CT molecular complexity index is 521. The van der Waals surface area contributed by atoms with Crippen LogP contribution in [0.25, 0.3) is 0 Å². The first-order chi connectivity index (χ1) is 10.6. The maximum atomic E-state index is 11.3. The fourth-order valence-corrected chi connectivity index (χ4v) is 3.82. The van der Waals surface area contributed by atoms with Crippen LogP contribution in [-0.2, 0) is 9.53 Å². The number of aliphatic hydroxyl groups excluding tert-OH is 2. The molecular formula is C17H23NO4. The van der Waals surface area contributed by atoms with Crippen LogP contribution in [0.3, 0.4) is 0 Å². The Morgan fingerprint density at radius 3 is 2.64 bits per heavy atom. The zero-order valence-electron chi connectivity index (χ0n) is 12.7. The molecule has 1 aromatic carbocycles. The molecule has 3 rings (SSSR count). The van der Waals surface area contributed by atoms with Crippen molar-refractivity contribution in [1.82, 2.24) is 5.32 Å². The van der Waals surface area contributed by atoms with Crippen LogP contribution < -0.4 is 5.32 Å². The molecule has 6 atom stereocenters. The minimum absolute atomic E-state index is 0.0702. The quantitative estimate of drug-likeness (QED) is 0.766. The summed E-state index contributed by atoms with van der Waals surface area (Å²) in [6.07, 6.45) is 0.520. The summed E-state index contributed by atoms with van der Waals surface area (Å²) in [6, 6.07) is 9.52. The summed E-state index contributed by atoms with van der Waals surface area (Å²) in [7, 11) is 0. The molecule has 5 nitrogen and oxygen atoms in total. The van der Waals surface area contributed by atoms with Gasteiger partial charge in [-0.25, -0.2) is 0 Å². The summed E-state index contributed by atoms with van der Waals surface area (Å²) in [5.74, 6) is 0.0358. The van der Waals surface area contributed by atoms with Gasteiger partial charge in [-0.15, -0.1) is 0 Å². The molecule has 2 aliphatic rings. The van der Waals surface area contributed by atoms with E-state index in [0.717, 1.165) is 19.3 Å². The molecule has 0 radical (unpaired) electrons. The molecule has 0 aromatic heterocycles. The van der Waals surface area contributed by atoms with Gasteiger partial charge in [0.15, 0.2) is 6.29 Å². The van der Waals surface area contributed by atoms with E-state index in [-0.39, 0.29) is 17.9 Å². The fraction of sp³-hybridized carbons (Fsp3) is 0.588. The second-order valence-electron chi connectivity index (χ2n) is 6.37. The second kappa shape index (κ2) is 6.36. The van der Waals surface area contributed by atoms with Crippen LogP contribution in [0, 0.1) is 5.92 Å². The highest BCUT2D eigenvalue weighted by Crippen LogP contribution is 2.42. The zero-order valence-corrected chi connectivity index (χ0v) is 12.7. The van der Waals surface area contributed by atoms with Gasteiger partial charge in [-0.1, -0.05) is 30.3 Å². The molecule has 1 heterocycles. The molecule has 1 saturated carbocycles. The van der Waals surface area contributed by atoms with Crippen molar-refractivity contribution in [2.24, 2.45) is 5.92 Å². The number of hydrogen-bond donors (Lipinski definition) is 3. The van der Waals surface area contributed by atoms with Crippen molar-refractivity contribution in [1.29, 1.82) is 0 Å². The predicted octanol–water partition coefficient (Wildman–Crippen LogP) is 1.15. The third kappa shape index (κ3) is 3.02. The van der Waals surface area contributed by atoms with E-state index >= 15 is 0 Å². The molecule has 1 aliphatic carbocycles. The van der Waals surface area contributed by atoms with Gasteiger partial charge in [0.05, 0.1) is 12.2 Å². The monoisotopic (exact) mass is 305 g/mol. The molecule has 1 aromatic rings. The summed E-state index contributed by atoms with van der Waals surface area (Å²) in [4.78, 5) is 11.3. The van der Waals surface area contributed by atoms with Crippen LogP contribution in [-0.4, -0.2) is 40.7 Å². The van der Waals surface area contributed by atoms with Crippen LogP contribution in [0.4, 0.5) is 0 Å². The predicted molar refractivity (Wildman–Crippen MR) is 81.0 cm³/mol. The summed E-state index contributed by atoms with van der Waals surface area (Å²) in [5.41, 5.74) is 1.27. The van der Waals surface area contributed by atoms with Crippen molar-refractivity contribution in [3.8, 4) is 0 Å². The molecule has 120 valence electrons. The third-order valence-electron chi connectivity index (χ3n) is 4.90. The van der Waals surface area contributed by atoms with E-state index in [1.165, 1.54) is 12.5 Å². The van der Waals surface area contributed by atoms with Gasteiger partial charge in [-0.2, -0.15) is 0 Å². The van der Waals surface area contributed by atoms with Gasteiger partial charge in [-0.3, -0.25) is 4.79 Å². The van der Waals surface area contributed by atoms with Crippen molar-refractivity contribution in [2.75, 3.05) is 0 Å². The lowest BCUT2D eigenvalue weighted by Gasteiger charge is -2.47. The number of benzene rings is 1. The van der Waals surface area contributed by atoms with Crippen LogP contribution in [0.1, 0.15) is 37.7 Å². The van der Waals surface area contributed by atoms with Gasteiger partial charge < -0.3 is 20.3 Å². The minimum Gasteiger partial charge on any atom is -0.390 e. The summed E-state index contributed by atoms with van der Waals surface area (Å²) in [6.45, 7) is 1.37. The van der Waals surface area contributed by atoms with E-state index < -0.39 is 18.4 Å². The van der Waals surface area contributed by atoms with E-state index in [9.17, 15) is 15.0 Å². The molecular weight excluding hydrogens is 282 g/mol. The first-order valence-corrected chi connectivity index (χ1v) is 7.90. The normalized spacial score (nSPS) is 38.1. The summed E-state index contributed by atoms with van der Waals surface area (Å²) < 4.78 is 5.64. The molecule has 1 aliphatic heterocycles. The van der Waals surface area contributed by atoms with Gasteiger partial charge >= 0.3 is 0 Å². The van der Waals surface area contributed by atoms with E-state index in [4.69, 9.17) is 4.74 Å². The van der Waals surface area contributed by atoms with Gasteiger partial charge in [0, 0.05) is 12.8 Å². The van der Waals surface area contributed by atoms with E-state index in [1.54, 1.807) is 0 Å². The maximum Gasteiger partial charge on any atom is 0.217 e. The molecule has 1 saturated heterocycles. The molecule has 1 amide bonds. The smallest absolute Gasteiger partial charge is 0.217 e. The molecule has 0 bridgehead atoms. The number of fused-ring (bicyclic) bond motifs is 1. The van der Waals surface area contributed by atoms with Gasteiger partial charge in [0.2, 0.25) is 5.91 Å². The van der Waals surface area contributed by atoms with Crippen molar-refractivity contribution in [2.45, 2.75) is 56.6 Å². The SMILES string of the molecule is CC(=O)N[C@H]1[C@H](O)[C@@H]2C[C@H](c3ccccc3)CC[C@@H]2O[C@@H]1O. The van der Waals surface area contributed by atoms with Crippen LogP contribution in [0.15, 0.2) is 30.3 Å². The number of amides is 1. The summed E-state index contributed by atoms with van der Waals surface area (Å²) >= 11 is 0. The number of hydrogen-bond acceptors (Lipinski definition) is 4. The average molecular weight is 305 g/mol. The number of aliphatic hydroxyl groups is 2. The first-order valence-electron chi connectivity index (χ1n) is 7.90. The number of carbonyl (C=O) groups is 1. The molecule has 5 heteroatoms. The van der Waals surface area contributed by atoms with E-state index in [2.05, 4.69) is 17.4 Å². The number of rotatable bonds is 2. The highest BCUT2D eigenvalue weighted by molar-refractivity contribution is 5.73. The van der Waals surface area contributed by atoms with Crippen molar-refractivity contribution >= 4 is 5.91 Å². The number of ether oxygens (including phenoxy) is 1. The maximum absolute atomic E-state index is 11.3.